The summed E-state index contributed by atoms with van der Waals surface area (Å²) in [7, 11) is 0. The molecule has 3 aromatic rings. The van der Waals surface area contributed by atoms with Gasteiger partial charge in [-0.1, -0.05) is 29.8 Å². The van der Waals surface area contributed by atoms with Gasteiger partial charge in [-0.15, -0.1) is 0 Å². The SMILES string of the molecule is Nc1nsc(NCc2cccc(Cl)c2)c1-c1cccnc1. The molecule has 4 nitrogen and oxygen atoms in total. The van der Waals surface area contributed by atoms with E-state index in [0.717, 1.165) is 26.7 Å². The van der Waals surface area contributed by atoms with Crippen LogP contribution < -0.4 is 11.1 Å². The molecular formula is C15H13ClN4S. The fourth-order valence-corrected chi connectivity index (χ4v) is 2.99. The molecule has 0 aliphatic carbocycles. The second kappa shape index (κ2) is 6.11. The van der Waals surface area contributed by atoms with Crippen molar-refractivity contribution >= 4 is 34.0 Å². The molecule has 0 saturated heterocycles. The van der Waals surface area contributed by atoms with Crippen LogP contribution in [0.2, 0.25) is 5.02 Å². The van der Waals surface area contributed by atoms with Gasteiger partial charge in [0.1, 0.15) is 10.8 Å². The molecule has 0 spiro atoms. The van der Waals surface area contributed by atoms with Crippen LogP contribution in [0.4, 0.5) is 10.8 Å². The Bertz CT molecular complexity index is 742. The Morgan fingerprint density at radius 2 is 2.14 bits per heavy atom. The van der Waals surface area contributed by atoms with Gasteiger partial charge in [-0.05, 0) is 35.3 Å². The average Bonchev–Trinajstić information content (AvgIpc) is 2.87. The molecule has 3 rings (SSSR count). The van der Waals surface area contributed by atoms with E-state index in [-0.39, 0.29) is 0 Å². The molecule has 0 atom stereocenters. The summed E-state index contributed by atoms with van der Waals surface area (Å²) < 4.78 is 4.23. The molecule has 0 fully saturated rings. The predicted octanol–water partition coefficient (Wildman–Crippen LogP) is 4.05. The van der Waals surface area contributed by atoms with Crippen molar-refractivity contribution in [3.63, 3.8) is 0 Å². The number of aromatic nitrogens is 2. The van der Waals surface area contributed by atoms with E-state index >= 15 is 0 Å². The molecule has 6 heteroatoms. The Morgan fingerprint density at radius 3 is 2.90 bits per heavy atom. The van der Waals surface area contributed by atoms with Gasteiger partial charge in [-0.3, -0.25) is 4.98 Å². The minimum Gasteiger partial charge on any atom is -0.382 e. The van der Waals surface area contributed by atoms with Gasteiger partial charge in [0, 0.05) is 29.5 Å². The van der Waals surface area contributed by atoms with E-state index in [1.807, 2.05) is 36.4 Å². The van der Waals surface area contributed by atoms with Gasteiger partial charge in [0.25, 0.3) is 0 Å². The summed E-state index contributed by atoms with van der Waals surface area (Å²) in [4.78, 5) is 4.13. The Morgan fingerprint density at radius 1 is 1.24 bits per heavy atom. The number of nitrogens with zero attached hydrogens (tertiary/aromatic N) is 2. The van der Waals surface area contributed by atoms with E-state index < -0.39 is 0 Å². The zero-order chi connectivity index (χ0) is 14.7. The lowest BCUT2D eigenvalue weighted by molar-refractivity contribution is 1.16. The third-order valence-electron chi connectivity index (χ3n) is 3.01. The number of anilines is 2. The van der Waals surface area contributed by atoms with Crippen molar-refractivity contribution < 1.29 is 0 Å². The highest BCUT2D eigenvalue weighted by atomic mass is 35.5. The number of nitrogen functional groups attached to an aromatic ring is 1. The maximum absolute atomic E-state index is 5.99. The van der Waals surface area contributed by atoms with Gasteiger partial charge in [0.15, 0.2) is 0 Å². The molecule has 0 aliphatic rings. The lowest BCUT2D eigenvalue weighted by atomic mass is 10.1. The fraction of sp³-hybridized carbons (Fsp3) is 0.0667. The number of nitrogens with one attached hydrogen (secondary N) is 1. The molecule has 3 N–H and O–H groups in total. The van der Waals surface area contributed by atoms with Crippen LogP contribution in [0.5, 0.6) is 0 Å². The van der Waals surface area contributed by atoms with Crippen molar-refractivity contribution in [2.45, 2.75) is 6.54 Å². The Hall–Kier alpha value is -2.11. The second-order valence-corrected chi connectivity index (χ2v) is 5.71. The maximum Gasteiger partial charge on any atom is 0.147 e. The molecule has 0 aliphatic heterocycles. The highest BCUT2D eigenvalue weighted by Gasteiger charge is 2.13. The summed E-state index contributed by atoms with van der Waals surface area (Å²) in [6.45, 7) is 0.662. The van der Waals surface area contributed by atoms with Crippen LogP contribution in [0.1, 0.15) is 5.56 Å². The van der Waals surface area contributed by atoms with Gasteiger partial charge in [0.2, 0.25) is 0 Å². The summed E-state index contributed by atoms with van der Waals surface area (Å²) in [6, 6.07) is 11.6. The topological polar surface area (TPSA) is 63.8 Å². The first-order chi connectivity index (χ1) is 10.2. The van der Waals surface area contributed by atoms with E-state index in [0.29, 0.717) is 12.4 Å². The molecule has 21 heavy (non-hydrogen) atoms. The first kappa shape index (κ1) is 13.9. The summed E-state index contributed by atoms with van der Waals surface area (Å²) in [5, 5.41) is 5.02. The molecular weight excluding hydrogens is 304 g/mol. The van der Waals surface area contributed by atoms with Gasteiger partial charge < -0.3 is 11.1 Å². The van der Waals surface area contributed by atoms with Crippen LogP contribution in [0, 0.1) is 0 Å². The summed E-state index contributed by atoms with van der Waals surface area (Å²) in [6.07, 6.45) is 3.52. The van der Waals surface area contributed by atoms with Crippen molar-refractivity contribution in [3.8, 4) is 11.1 Å². The molecule has 106 valence electrons. The van der Waals surface area contributed by atoms with Crippen molar-refractivity contribution in [2.24, 2.45) is 0 Å². The van der Waals surface area contributed by atoms with Crippen molar-refractivity contribution in [1.29, 1.82) is 0 Å². The molecule has 0 saturated carbocycles. The number of nitrogens with two attached hydrogens (primary N) is 1. The largest absolute Gasteiger partial charge is 0.382 e. The minimum absolute atomic E-state index is 0.515. The maximum atomic E-state index is 5.99. The van der Waals surface area contributed by atoms with E-state index in [2.05, 4.69) is 14.7 Å². The van der Waals surface area contributed by atoms with Gasteiger partial charge in [-0.2, -0.15) is 4.37 Å². The predicted molar refractivity (Wildman–Crippen MR) is 88.5 cm³/mol. The summed E-state index contributed by atoms with van der Waals surface area (Å²) in [5.41, 5.74) is 8.93. The monoisotopic (exact) mass is 316 g/mol. The van der Waals surface area contributed by atoms with Gasteiger partial charge in [-0.25, -0.2) is 0 Å². The van der Waals surface area contributed by atoms with Crippen LogP contribution in [0.25, 0.3) is 11.1 Å². The third kappa shape index (κ3) is 3.15. The first-order valence-electron chi connectivity index (χ1n) is 6.38. The number of hydrogen-bond acceptors (Lipinski definition) is 5. The zero-order valence-electron chi connectivity index (χ0n) is 11.1. The number of benzene rings is 1. The fourth-order valence-electron chi connectivity index (χ4n) is 2.04. The van der Waals surface area contributed by atoms with E-state index in [1.54, 1.807) is 12.4 Å². The lowest BCUT2D eigenvalue weighted by Gasteiger charge is -2.07. The standard InChI is InChI=1S/C15H13ClN4S/c16-12-5-1-3-10(7-12)8-19-15-13(14(17)20-21-15)11-4-2-6-18-9-11/h1-7,9,19H,8H2,(H2,17,20). The van der Waals surface area contributed by atoms with Crippen LogP contribution in [0.3, 0.4) is 0 Å². The summed E-state index contributed by atoms with van der Waals surface area (Å²) in [5.74, 6) is 0.515. The minimum atomic E-state index is 0.515. The van der Waals surface area contributed by atoms with Crippen LogP contribution in [-0.2, 0) is 6.54 Å². The van der Waals surface area contributed by atoms with Crippen molar-refractivity contribution in [3.05, 3.63) is 59.4 Å². The zero-order valence-corrected chi connectivity index (χ0v) is 12.7. The molecule has 2 aromatic heterocycles. The lowest BCUT2D eigenvalue weighted by Crippen LogP contribution is -1.99. The van der Waals surface area contributed by atoms with E-state index in [1.165, 1.54) is 11.5 Å². The normalized spacial score (nSPS) is 10.5. The van der Waals surface area contributed by atoms with Crippen LogP contribution >= 0.6 is 23.1 Å². The number of rotatable bonds is 4. The summed E-state index contributed by atoms with van der Waals surface area (Å²) >= 11 is 7.34. The molecule has 0 bridgehead atoms. The van der Waals surface area contributed by atoms with E-state index in [4.69, 9.17) is 17.3 Å². The first-order valence-corrected chi connectivity index (χ1v) is 7.53. The molecule has 0 amide bonds. The van der Waals surface area contributed by atoms with Gasteiger partial charge >= 0.3 is 0 Å². The molecule has 0 radical (unpaired) electrons. The molecule has 2 heterocycles. The van der Waals surface area contributed by atoms with Crippen LogP contribution in [0.15, 0.2) is 48.8 Å². The molecule has 1 aromatic carbocycles. The second-order valence-electron chi connectivity index (χ2n) is 4.50. The smallest absolute Gasteiger partial charge is 0.147 e. The highest BCUT2D eigenvalue weighted by Crippen LogP contribution is 2.36. The van der Waals surface area contributed by atoms with Crippen molar-refractivity contribution in [1.82, 2.24) is 9.36 Å². The molecule has 0 unspecified atom stereocenters. The Kier molecular flexibility index (Phi) is 4.03. The Labute approximate surface area is 131 Å². The van der Waals surface area contributed by atoms with E-state index in [9.17, 15) is 0 Å². The number of hydrogen-bond donors (Lipinski definition) is 2. The number of halogens is 1. The average molecular weight is 317 g/mol. The van der Waals surface area contributed by atoms with Gasteiger partial charge in [0.05, 0.1) is 5.56 Å². The quantitative estimate of drug-likeness (QED) is 0.762. The van der Waals surface area contributed by atoms with Crippen molar-refractivity contribution in [2.75, 3.05) is 11.1 Å². The highest BCUT2D eigenvalue weighted by molar-refractivity contribution is 7.11. The Balaban J connectivity index is 1.84. The number of pyridine rings is 1. The van der Waals surface area contributed by atoms with Crippen LogP contribution in [-0.4, -0.2) is 9.36 Å². The third-order valence-corrected chi connectivity index (χ3v) is 4.06.